The maximum absolute atomic E-state index is 12.2. The molecule has 1 aliphatic heterocycles. The van der Waals surface area contributed by atoms with Crippen LogP contribution in [0.3, 0.4) is 0 Å². The van der Waals surface area contributed by atoms with Crippen molar-refractivity contribution in [2.45, 2.75) is 39.3 Å². The maximum Gasteiger partial charge on any atom is 0.410 e. The lowest BCUT2D eigenvalue weighted by Crippen LogP contribution is -2.49. The van der Waals surface area contributed by atoms with Gasteiger partial charge in [0.25, 0.3) is 0 Å². The predicted octanol–water partition coefficient (Wildman–Crippen LogP) is 2.97. The summed E-state index contributed by atoms with van der Waals surface area (Å²) in [7, 11) is 0. The van der Waals surface area contributed by atoms with E-state index in [9.17, 15) is 4.79 Å². The zero-order chi connectivity index (χ0) is 16.2. The molecule has 5 nitrogen and oxygen atoms in total. The Bertz CT molecular complexity index is 511. The SMILES string of the molecule is CCOc1cccc(C2CN(C(=O)OC(C)(C)C)CCN2)c1. The molecule has 1 fully saturated rings. The second kappa shape index (κ2) is 7.01. The second-order valence-electron chi connectivity index (χ2n) is 6.44. The first-order chi connectivity index (χ1) is 10.4. The summed E-state index contributed by atoms with van der Waals surface area (Å²) in [5, 5.41) is 3.45. The van der Waals surface area contributed by atoms with Crippen LogP contribution < -0.4 is 10.1 Å². The molecule has 1 amide bonds. The molecule has 1 aromatic rings. The fourth-order valence-electron chi connectivity index (χ4n) is 2.45. The van der Waals surface area contributed by atoms with Gasteiger partial charge in [0.1, 0.15) is 11.4 Å². The van der Waals surface area contributed by atoms with Gasteiger partial charge in [-0.1, -0.05) is 12.1 Å². The molecule has 1 saturated heterocycles. The van der Waals surface area contributed by atoms with Crippen molar-refractivity contribution in [3.8, 4) is 5.75 Å². The van der Waals surface area contributed by atoms with Crippen molar-refractivity contribution >= 4 is 6.09 Å². The first-order valence-corrected chi connectivity index (χ1v) is 7.83. The third-order valence-corrected chi connectivity index (χ3v) is 3.40. The number of carbonyl (C=O) groups excluding carboxylic acids is 1. The van der Waals surface area contributed by atoms with Crippen LogP contribution in [0.15, 0.2) is 24.3 Å². The summed E-state index contributed by atoms with van der Waals surface area (Å²) in [4.78, 5) is 14.0. The first kappa shape index (κ1) is 16.6. The fourth-order valence-corrected chi connectivity index (χ4v) is 2.45. The van der Waals surface area contributed by atoms with E-state index < -0.39 is 5.60 Å². The minimum absolute atomic E-state index is 0.0988. The van der Waals surface area contributed by atoms with Gasteiger partial charge in [-0.2, -0.15) is 0 Å². The highest BCUT2D eigenvalue weighted by Crippen LogP contribution is 2.23. The Balaban J connectivity index is 2.04. The third-order valence-electron chi connectivity index (χ3n) is 3.40. The van der Waals surface area contributed by atoms with E-state index >= 15 is 0 Å². The minimum Gasteiger partial charge on any atom is -0.494 e. The number of rotatable bonds is 3. The van der Waals surface area contributed by atoms with E-state index in [0.717, 1.165) is 17.9 Å². The van der Waals surface area contributed by atoms with E-state index in [-0.39, 0.29) is 12.1 Å². The number of hydrogen-bond acceptors (Lipinski definition) is 4. The number of hydrogen-bond donors (Lipinski definition) is 1. The van der Waals surface area contributed by atoms with Crippen LogP contribution in [0.25, 0.3) is 0 Å². The van der Waals surface area contributed by atoms with Gasteiger partial charge in [-0.3, -0.25) is 0 Å². The zero-order valence-electron chi connectivity index (χ0n) is 13.9. The lowest BCUT2D eigenvalue weighted by atomic mass is 10.0. The normalized spacial score (nSPS) is 18.9. The van der Waals surface area contributed by atoms with Crippen LogP contribution in [-0.4, -0.2) is 42.8 Å². The average molecular weight is 306 g/mol. The molecular weight excluding hydrogens is 280 g/mol. The van der Waals surface area contributed by atoms with Crippen molar-refractivity contribution in [1.29, 1.82) is 0 Å². The number of ether oxygens (including phenoxy) is 2. The van der Waals surface area contributed by atoms with E-state index in [1.807, 2.05) is 45.9 Å². The molecule has 1 unspecified atom stereocenters. The van der Waals surface area contributed by atoms with Gasteiger partial charge >= 0.3 is 6.09 Å². The van der Waals surface area contributed by atoms with Crippen LogP contribution in [0.2, 0.25) is 0 Å². The van der Waals surface area contributed by atoms with Crippen molar-refractivity contribution in [3.63, 3.8) is 0 Å². The summed E-state index contributed by atoms with van der Waals surface area (Å²) >= 11 is 0. The smallest absolute Gasteiger partial charge is 0.410 e. The number of benzene rings is 1. The molecular formula is C17H26N2O3. The lowest BCUT2D eigenvalue weighted by Gasteiger charge is -2.35. The Morgan fingerprint density at radius 2 is 2.18 bits per heavy atom. The highest BCUT2D eigenvalue weighted by Gasteiger charge is 2.28. The van der Waals surface area contributed by atoms with Gasteiger partial charge in [-0.05, 0) is 45.4 Å². The molecule has 0 aromatic heterocycles. The largest absolute Gasteiger partial charge is 0.494 e. The fraction of sp³-hybridized carbons (Fsp3) is 0.588. The summed E-state index contributed by atoms with van der Waals surface area (Å²) in [6, 6.07) is 8.11. The van der Waals surface area contributed by atoms with Crippen molar-refractivity contribution in [2.75, 3.05) is 26.2 Å². The van der Waals surface area contributed by atoms with Crippen molar-refractivity contribution in [1.82, 2.24) is 10.2 Å². The standard InChI is InChI=1S/C17H26N2O3/c1-5-21-14-8-6-7-13(11-14)15-12-19(10-9-18-15)16(20)22-17(2,3)4/h6-8,11,15,18H,5,9-10,12H2,1-4H3. The number of nitrogens with one attached hydrogen (secondary N) is 1. The Morgan fingerprint density at radius 1 is 1.41 bits per heavy atom. The molecule has 122 valence electrons. The van der Waals surface area contributed by atoms with Gasteiger partial charge in [0.2, 0.25) is 0 Å². The topological polar surface area (TPSA) is 50.8 Å². The predicted molar refractivity (Wildman–Crippen MR) is 86.2 cm³/mol. The van der Waals surface area contributed by atoms with Crippen LogP contribution in [-0.2, 0) is 4.74 Å². The lowest BCUT2D eigenvalue weighted by molar-refractivity contribution is 0.0195. The summed E-state index contributed by atoms with van der Waals surface area (Å²) in [5.74, 6) is 0.858. The Labute approximate surface area is 132 Å². The Hall–Kier alpha value is -1.75. The van der Waals surface area contributed by atoms with Gasteiger partial charge in [0, 0.05) is 19.6 Å². The number of carbonyl (C=O) groups is 1. The van der Waals surface area contributed by atoms with E-state index in [4.69, 9.17) is 9.47 Å². The maximum atomic E-state index is 12.2. The Kier molecular flexibility index (Phi) is 5.29. The van der Waals surface area contributed by atoms with Crippen LogP contribution >= 0.6 is 0 Å². The van der Waals surface area contributed by atoms with Gasteiger partial charge in [0.15, 0.2) is 0 Å². The Morgan fingerprint density at radius 3 is 2.86 bits per heavy atom. The monoisotopic (exact) mass is 306 g/mol. The molecule has 0 bridgehead atoms. The van der Waals surface area contributed by atoms with E-state index in [1.165, 1.54) is 0 Å². The molecule has 0 saturated carbocycles. The summed E-state index contributed by atoms with van der Waals surface area (Å²) in [5.41, 5.74) is 0.658. The molecule has 1 heterocycles. The molecule has 0 aliphatic carbocycles. The van der Waals surface area contributed by atoms with Crippen molar-refractivity contribution in [3.05, 3.63) is 29.8 Å². The second-order valence-corrected chi connectivity index (χ2v) is 6.44. The number of nitrogens with zero attached hydrogens (tertiary/aromatic N) is 1. The minimum atomic E-state index is -0.466. The van der Waals surface area contributed by atoms with Crippen LogP contribution in [0.4, 0.5) is 4.79 Å². The van der Waals surface area contributed by atoms with Gasteiger partial charge in [-0.15, -0.1) is 0 Å². The molecule has 1 aliphatic rings. The van der Waals surface area contributed by atoms with E-state index in [0.29, 0.717) is 19.7 Å². The van der Waals surface area contributed by atoms with Crippen LogP contribution in [0.1, 0.15) is 39.3 Å². The first-order valence-electron chi connectivity index (χ1n) is 7.83. The summed E-state index contributed by atoms with van der Waals surface area (Å²) in [6.45, 7) is 10.3. The van der Waals surface area contributed by atoms with Gasteiger partial charge in [0.05, 0.1) is 12.6 Å². The average Bonchev–Trinajstić information content (AvgIpc) is 2.46. The van der Waals surface area contributed by atoms with E-state index in [1.54, 1.807) is 4.90 Å². The highest BCUT2D eigenvalue weighted by molar-refractivity contribution is 5.68. The van der Waals surface area contributed by atoms with Crippen molar-refractivity contribution in [2.24, 2.45) is 0 Å². The molecule has 5 heteroatoms. The summed E-state index contributed by atoms with van der Waals surface area (Å²) < 4.78 is 11.0. The molecule has 0 spiro atoms. The van der Waals surface area contributed by atoms with Crippen molar-refractivity contribution < 1.29 is 14.3 Å². The quantitative estimate of drug-likeness (QED) is 0.933. The zero-order valence-corrected chi connectivity index (χ0v) is 13.9. The molecule has 22 heavy (non-hydrogen) atoms. The van der Waals surface area contributed by atoms with Gasteiger partial charge < -0.3 is 19.7 Å². The molecule has 1 aromatic carbocycles. The van der Waals surface area contributed by atoms with Crippen LogP contribution in [0.5, 0.6) is 5.75 Å². The number of piperazine rings is 1. The molecule has 1 atom stereocenters. The molecule has 1 N–H and O–H groups in total. The van der Waals surface area contributed by atoms with Crippen LogP contribution in [0, 0.1) is 0 Å². The third kappa shape index (κ3) is 4.63. The van der Waals surface area contributed by atoms with E-state index in [2.05, 4.69) is 11.4 Å². The molecule has 2 rings (SSSR count). The summed E-state index contributed by atoms with van der Waals surface area (Å²) in [6.07, 6.45) is -0.250. The molecule has 0 radical (unpaired) electrons. The highest BCUT2D eigenvalue weighted by atomic mass is 16.6. The number of amides is 1. The van der Waals surface area contributed by atoms with Gasteiger partial charge in [-0.25, -0.2) is 4.79 Å².